The van der Waals surface area contributed by atoms with Gasteiger partial charge in [-0.3, -0.25) is 0 Å². The van der Waals surface area contributed by atoms with Gasteiger partial charge in [0.15, 0.2) is 11.8 Å². The number of nitrogens with one attached hydrogen (secondary N) is 1. The maximum absolute atomic E-state index is 5.84. The first-order valence-corrected chi connectivity index (χ1v) is 10.9. The van der Waals surface area contributed by atoms with Crippen LogP contribution in [0.5, 0.6) is 0 Å². The Bertz CT molecular complexity index is 973. The van der Waals surface area contributed by atoms with E-state index in [9.17, 15) is 0 Å². The quantitative estimate of drug-likeness (QED) is 0.602. The Morgan fingerprint density at radius 2 is 1.10 bits per heavy atom. The third-order valence-corrected chi connectivity index (χ3v) is 5.66. The first kappa shape index (κ1) is 19.6. The summed E-state index contributed by atoms with van der Waals surface area (Å²) in [6, 6.07) is 25.5. The molecule has 3 aromatic rings. The summed E-state index contributed by atoms with van der Waals surface area (Å²) in [7, 11) is 0. The highest BCUT2D eigenvalue weighted by molar-refractivity contribution is 5.81. The number of rotatable bonds is 8. The molecular formula is C26H27N3O2. The van der Waals surface area contributed by atoms with E-state index in [2.05, 4.69) is 65.6 Å². The van der Waals surface area contributed by atoms with Crippen molar-refractivity contribution in [1.82, 2.24) is 4.98 Å². The molecule has 0 amide bonds. The van der Waals surface area contributed by atoms with Crippen LogP contribution in [0, 0.1) is 0 Å². The van der Waals surface area contributed by atoms with Crippen molar-refractivity contribution in [2.45, 2.75) is 37.8 Å². The SMILES string of the molecule is c1ccc(C[C@H]2COC(Cc3ccc(CC4=N[C@@H](Cc5ccccc5)CO4)[nH]3)=N2)cc1. The summed E-state index contributed by atoms with van der Waals surface area (Å²) in [4.78, 5) is 13.0. The second kappa shape index (κ2) is 9.21. The van der Waals surface area contributed by atoms with Crippen molar-refractivity contribution in [1.29, 1.82) is 0 Å². The third-order valence-electron chi connectivity index (χ3n) is 5.66. The summed E-state index contributed by atoms with van der Waals surface area (Å²) < 4.78 is 11.7. The molecule has 5 nitrogen and oxygen atoms in total. The number of aromatic amines is 1. The highest BCUT2D eigenvalue weighted by atomic mass is 16.5. The molecular weight excluding hydrogens is 386 g/mol. The number of aliphatic imine (C=N–C) groups is 2. The van der Waals surface area contributed by atoms with Crippen molar-refractivity contribution in [2.24, 2.45) is 9.98 Å². The lowest BCUT2D eigenvalue weighted by atomic mass is 10.1. The van der Waals surface area contributed by atoms with Crippen LogP contribution in [0.1, 0.15) is 22.5 Å². The molecule has 0 saturated heterocycles. The van der Waals surface area contributed by atoms with Gasteiger partial charge in [-0.1, -0.05) is 60.7 Å². The first-order chi connectivity index (χ1) is 15.3. The maximum Gasteiger partial charge on any atom is 0.189 e. The molecule has 0 spiro atoms. The van der Waals surface area contributed by atoms with E-state index in [0.717, 1.165) is 36.0 Å². The smallest absolute Gasteiger partial charge is 0.189 e. The van der Waals surface area contributed by atoms with Crippen LogP contribution in [0.4, 0.5) is 0 Å². The average molecular weight is 414 g/mol. The lowest BCUT2D eigenvalue weighted by Crippen LogP contribution is -2.09. The number of aromatic nitrogens is 1. The molecule has 0 aliphatic carbocycles. The lowest BCUT2D eigenvalue weighted by molar-refractivity contribution is 0.310. The van der Waals surface area contributed by atoms with E-state index >= 15 is 0 Å². The zero-order valence-corrected chi connectivity index (χ0v) is 17.5. The number of hydrogen-bond donors (Lipinski definition) is 1. The Balaban J connectivity index is 1.14. The van der Waals surface area contributed by atoms with Gasteiger partial charge in [0.25, 0.3) is 0 Å². The summed E-state index contributed by atoms with van der Waals surface area (Å²) in [5.41, 5.74) is 4.81. The second-order valence-corrected chi connectivity index (χ2v) is 8.22. The van der Waals surface area contributed by atoms with Gasteiger partial charge >= 0.3 is 0 Å². The van der Waals surface area contributed by atoms with Crippen LogP contribution in [0.2, 0.25) is 0 Å². The van der Waals surface area contributed by atoms with Crippen LogP contribution < -0.4 is 0 Å². The number of benzene rings is 2. The summed E-state index contributed by atoms with van der Waals surface area (Å²) in [5.74, 6) is 1.62. The Kier molecular flexibility index (Phi) is 5.83. The fourth-order valence-corrected chi connectivity index (χ4v) is 4.14. The van der Waals surface area contributed by atoms with Gasteiger partial charge in [0.1, 0.15) is 13.2 Å². The average Bonchev–Trinajstić information content (AvgIpc) is 3.53. The molecule has 1 N–H and O–H groups in total. The minimum Gasteiger partial charge on any atom is -0.478 e. The van der Waals surface area contributed by atoms with Gasteiger partial charge in [0.05, 0.1) is 24.9 Å². The Morgan fingerprint density at radius 1 is 0.645 bits per heavy atom. The molecule has 0 saturated carbocycles. The molecule has 0 bridgehead atoms. The Hall–Kier alpha value is -3.34. The fourth-order valence-electron chi connectivity index (χ4n) is 4.14. The molecule has 31 heavy (non-hydrogen) atoms. The minimum absolute atomic E-state index is 0.203. The Labute approximate surface area is 182 Å². The molecule has 1 aromatic heterocycles. The molecule has 2 aliphatic rings. The fraction of sp³-hybridized carbons (Fsp3) is 0.308. The summed E-state index contributed by atoms with van der Waals surface area (Å²) >= 11 is 0. The van der Waals surface area contributed by atoms with Crippen molar-refractivity contribution in [2.75, 3.05) is 13.2 Å². The van der Waals surface area contributed by atoms with Gasteiger partial charge < -0.3 is 14.5 Å². The molecule has 3 heterocycles. The summed E-state index contributed by atoms with van der Waals surface area (Å²) in [6.07, 6.45) is 3.22. The van der Waals surface area contributed by atoms with Crippen molar-refractivity contribution in [3.63, 3.8) is 0 Å². The minimum atomic E-state index is 0.203. The molecule has 2 aliphatic heterocycles. The topological polar surface area (TPSA) is 59.0 Å². The number of ether oxygens (including phenoxy) is 2. The predicted octanol–water partition coefficient (Wildman–Crippen LogP) is 4.18. The van der Waals surface area contributed by atoms with Crippen LogP contribution in [0.15, 0.2) is 82.8 Å². The van der Waals surface area contributed by atoms with E-state index in [1.54, 1.807) is 0 Å². The van der Waals surface area contributed by atoms with Gasteiger partial charge in [0, 0.05) is 11.4 Å². The van der Waals surface area contributed by atoms with Gasteiger partial charge in [-0.15, -0.1) is 0 Å². The van der Waals surface area contributed by atoms with E-state index < -0.39 is 0 Å². The molecule has 0 unspecified atom stereocenters. The predicted molar refractivity (Wildman–Crippen MR) is 123 cm³/mol. The van der Waals surface area contributed by atoms with Crippen molar-refractivity contribution >= 4 is 11.8 Å². The molecule has 2 atom stereocenters. The Morgan fingerprint density at radius 3 is 1.55 bits per heavy atom. The van der Waals surface area contributed by atoms with Crippen LogP contribution >= 0.6 is 0 Å². The lowest BCUT2D eigenvalue weighted by Gasteiger charge is -2.04. The summed E-state index contributed by atoms with van der Waals surface area (Å²) in [5, 5.41) is 0. The summed E-state index contributed by atoms with van der Waals surface area (Å²) in [6.45, 7) is 1.32. The standard InChI is InChI=1S/C26H27N3O2/c1-3-7-19(8-4-1)13-23-17-30-25(28-23)15-21-11-12-22(27-21)16-26-29-24(18-31-26)14-20-9-5-2-6-10-20/h1-12,23-24,27H,13-18H2/t23-,24-/m0/s1. The molecule has 158 valence electrons. The van der Waals surface area contributed by atoms with Gasteiger partial charge in [0.2, 0.25) is 0 Å². The van der Waals surface area contributed by atoms with Crippen molar-refractivity contribution in [3.8, 4) is 0 Å². The molecule has 5 heteroatoms. The number of H-pyrrole nitrogens is 1. The van der Waals surface area contributed by atoms with Gasteiger partial charge in [-0.2, -0.15) is 0 Å². The van der Waals surface area contributed by atoms with Crippen LogP contribution in [-0.2, 0) is 35.2 Å². The molecule has 2 aromatic carbocycles. The number of nitrogens with zero attached hydrogens (tertiary/aromatic N) is 2. The normalized spacial score (nSPS) is 20.1. The maximum atomic E-state index is 5.84. The van der Waals surface area contributed by atoms with Crippen LogP contribution in [0.3, 0.4) is 0 Å². The van der Waals surface area contributed by atoms with E-state index in [1.807, 2.05) is 12.1 Å². The molecule has 5 rings (SSSR count). The highest BCUT2D eigenvalue weighted by Gasteiger charge is 2.21. The van der Waals surface area contributed by atoms with E-state index in [4.69, 9.17) is 19.5 Å². The monoisotopic (exact) mass is 413 g/mol. The second-order valence-electron chi connectivity index (χ2n) is 8.22. The third kappa shape index (κ3) is 5.23. The van der Waals surface area contributed by atoms with E-state index in [-0.39, 0.29) is 12.1 Å². The van der Waals surface area contributed by atoms with Gasteiger partial charge in [-0.05, 0) is 36.1 Å². The van der Waals surface area contributed by atoms with Gasteiger partial charge in [-0.25, -0.2) is 9.98 Å². The molecule has 0 radical (unpaired) electrons. The van der Waals surface area contributed by atoms with E-state index in [0.29, 0.717) is 26.1 Å². The van der Waals surface area contributed by atoms with Crippen molar-refractivity contribution in [3.05, 3.63) is 95.3 Å². The van der Waals surface area contributed by atoms with Crippen molar-refractivity contribution < 1.29 is 9.47 Å². The molecule has 0 fully saturated rings. The van der Waals surface area contributed by atoms with Crippen LogP contribution in [0.25, 0.3) is 0 Å². The first-order valence-electron chi connectivity index (χ1n) is 10.9. The van der Waals surface area contributed by atoms with Crippen LogP contribution in [-0.4, -0.2) is 42.1 Å². The largest absolute Gasteiger partial charge is 0.478 e. The zero-order chi connectivity index (χ0) is 20.9. The van der Waals surface area contributed by atoms with E-state index in [1.165, 1.54) is 11.1 Å². The highest BCUT2D eigenvalue weighted by Crippen LogP contribution is 2.17. The number of hydrogen-bond acceptors (Lipinski definition) is 4. The zero-order valence-electron chi connectivity index (χ0n) is 17.5.